The first-order chi connectivity index (χ1) is 9.28. The Kier molecular flexibility index (Phi) is 5.77. The molecule has 0 radical (unpaired) electrons. The number of hydrogen-bond acceptors (Lipinski definition) is 2. The number of hydrogen-bond donors (Lipinski definition) is 0. The van der Waals surface area contributed by atoms with Crippen molar-refractivity contribution in [2.24, 2.45) is 0 Å². The first-order valence-electron chi connectivity index (χ1n) is 7.66. The maximum atomic E-state index is 5.69. The molecule has 1 nitrogen and oxygen atoms in total. The molecule has 0 bridgehead atoms. The van der Waals surface area contributed by atoms with Gasteiger partial charge in [0.25, 0.3) is 0 Å². The van der Waals surface area contributed by atoms with Gasteiger partial charge < -0.3 is 4.74 Å². The lowest BCUT2D eigenvalue weighted by Crippen LogP contribution is -2.03. The van der Waals surface area contributed by atoms with Crippen molar-refractivity contribution in [3.8, 4) is 0 Å². The smallest absolute Gasteiger partial charge is 0.0847 e. The van der Waals surface area contributed by atoms with E-state index in [9.17, 15) is 0 Å². The maximum Gasteiger partial charge on any atom is 0.0847 e. The molecule has 0 aliphatic carbocycles. The molecule has 1 aromatic carbocycles. The van der Waals surface area contributed by atoms with Crippen molar-refractivity contribution < 1.29 is 4.74 Å². The van der Waals surface area contributed by atoms with Crippen LogP contribution in [-0.4, -0.2) is 18.0 Å². The number of rotatable bonds is 8. The quantitative estimate of drug-likeness (QED) is 0.475. The van der Waals surface area contributed by atoms with E-state index in [2.05, 4.69) is 45.0 Å². The van der Waals surface area contributed by atoms with E-state index < -0.39 is 0 Å². The molecule has 1 aliphatic rings. The summed E-state index contributed by atoms with van der Waals surface area (Å²) < 4.78 is 5.69. The van der Waals surface area contributed by atoms with Crippen LogP contribution in [0.4, 0.5) is 0 Å². The Hall–Kier alpha value is -0.470. The van der Waals surface area contributed by atoms with Gasteiger partial charge in [0.15, 0.2) is 0 Å². The monoisotopic (exact) mass is 278 g/mol. The summed E-state index contributed by atoms with van der Waals surface area (Å²) in [6, 6.07) is 9.19. The van der Waals surface area contributed by atoms with Gasteiger partial charge in [0.05, 0.1) is 12.2 Å². The maximum absolute atomic E-state index is 5.69. The van der Waals surface area contributed by atoms with Crippen LogP contribution in [0.25, 0.3) is 0 Å². The molecular formula is C17H26OS. The van der Waals surface area contributed by atoms with Crippen LogP contribution >= 0.6 is 11.8 Å². The highest BCUT2D eigenvalue weighted by atomic mass is 32.2. The van der Waals surface area contributed by atoms with Gasteiger partial charge in [-0.2, -0.15) is 0 Å². The Morgan fingerprint density at radius 1 is 1.11 bits per heavy atom. The van der Waals surface area contributed by atoms with Crippen molar-refractivity contribution >= 4 is 11.8 Å². The van der Waals surface area contributed by atoms with Gasteiger partial charge in [0.2, 0.25) is 0 Å². The van der Waals surface area contributed by atoms with Crippen LogP contribution in [0.3, 0.4) is 0 Å². The van der Waals surface area contributed by atoms with Crippen molar-refractivity contribution in [3.05, 3.63) is 29.8 Å². The van der Waals surface area contributed by atoms with Crippen molar-refractivity contribution in [2.75, 3.05) is 5.75 Å². The predicted molar refractivity (Wildman–Crippen MR) is 84.1 cm³/mol. The lowest BCUT2D eigenvalue weighted by atomic mass is 9.91. The van der Waals surface area contributed by atoms with Crippen molar-refractivity contribution in [2.45, 2.75) is 69.5 Å². The molecule has 19 heavy (non-hydrogen) atoms. The molecule has 1 aromatic rings. The molecule has 0 N–H and O–H groups in total. The van der Waals surface area contributed by atoms with Crippen LogP contribution in [0.1, 0.15) is 57.9 Å². The van der Waals surface area contributed by atoms with Crippen LogP contribution in [0.2, 0.25) is 0 Å². The summed E-state index contributed by atoms with van der Waals surface area (Å²) in [6.07, 6.45) is 5.85. The van der Waals surface area contributed by atoms with Gasteiger partial charge in [0, 0.05) is 4.90 Å². The summed E-state index contributed by atoms with van der Waals surface area (Å²) in [5, 5.41) is 0. The zero-order valence-electron chi connectivity index (χ0n) is 12.4. The molecule has 0 amide bonds. The summed E-state index contributed by atoms with van der Waals surface area (Å²) >= 11 is 1.95. The summed E-state index contributed by atoms with van der Waals surface area (Å²) in [4.78, 5) is 1.40. The van der Waals surface area contributed by atoms with Crippen LogP contribution in [0.15, 0.2) is 29.2 Å². The minimum absolute atomic E-state index is 0.518. The lowest BCUT2D eigenvalue weighted by Gasteiger charge is -2.14. The SMILES string of the molecule is CCCSc1ccc(C(CC)CC2OC2CC)cc1. The third-order valence-corrected chi connectivity index (χ3v) is 5.14. The Morgan fingerprint density at radius 3 is 2.37 bits per heavy atom. The van der Waals surface area contributed by atoms with E-state index in [1.165, 1.54) is 35.5 Å². The van der Waals surface area contributed by atoms with E-state index in [0.29, 0.717) is 18.1 Å². The van der Waals surface area contributed by atoms with Crippen molar-refractivity contribution in [3.63, 3.8) is 0 Å². The summed E-state index contributed by atoms with van der Waals surface area (Å²) in [5.74, 6) is 1.87. The molecule has 2 heteroatoms. The number of ether oxygens (including phenoxy) is 1. The molecule has 0 spiro atoms. The van der Waals surface area contributed by atoms with Crippen LogP contribution in [0.5, 0.6) is 0 Å². The van der Waals surface area contributed by atoms with Gasteiger partial charge in [-0.05, 0) is 55.1 Å². The molecular weight excluding hydrogens is 252 g/mol. The third kappa shape index (κ3) is 4.25. The summed E-state index contributed by atoms with van der Waals surface area (Å²) in [5.41, 5.74) is 1.48. The first-order valence-corrected chi connectivity index (χ1v) is 8.65. The molecule has 1 aliphatic heterocycles. The zero-order chi connectivity index (χ0) is 13.7. The van der Waals surface area contributed by atoms with Gasteiger partial charge in [-0.1, -0.05) is 32.9 Å². The predicted octanol–water partition coefficient (Wildman–Crippen LogP) is 5.25. The molecule has 1 heterocycles. The fraction of sp³-hybridized carbons (Fsp3) is 0.647. The van der Waals surface area contributed by atoms with E-state index in [-0.39, 0.29) is 0 Å². The average Bonchev–Trinajstić information content (AvgIpc) is 3.21. The van der Waals surface area contributed by atoms with Gasteiger partial charge in [-0.3, -0.25) is 0 Å². The van der Waals surface area contributed by atoms with E-state index in [4.69, 9.17) is 4.74 Å². The number of benzene rings is 1. The molecule has 1 saturated heterocycles. The van der Waals surface area contributed by atoms with Crippen LogP contribution in [-0.2, 0) is 4.74 Å². The second-order valence-electron chi connectivity index (χ2n) is 5.38. The van der Waals surface area contributed by atoms with E-state index in [0.717, 1.165) is 6.42 Å². The van der Waals surface area contributed by atoms with Crippen molar-refractivity contribution in [1.29, 1.82) is 0 Å². The average molecular weight is 278 g/mol. The molecule has 0 saturated carbocycles. The fourth-order valence-corrected chi connectivity index (χ4v) is 3.39. The molecule has 3 atom stereocenters. The minimum Gasteiger partial charge on any atom is -0.370 e. The van der Waals surface area contributed by atoms with Crippen LogP contribution in [0, 0.1) is 0 Å². The van der Waals surface area contributed by atoms with Gasteiger partial charge >= 0.3 is 0 Å². The van der Waals surface area contributed by atoms with E-state index in [1.807, 2.05) is 11.8 Å². The van der Waals surface area contributed by atoms with Gasteiger partial charge in [0.1, 0.15) is 0 Å². The van der Waals surface area contributed by atoms with Crippen molar-refractivity contribution in [1.82, 2.24) is 0 Å². The third-order valence-electron chi connectivity index (χ3n) is 3.92. The van der Waals surface area contributed by atoms with Gasteiger partial charge in [-0.25, -0.2) is 0 Å². The first kappa shape index (κ1) is 14.9. The molecule has 0 aromatic heterocycles. The largest absolute Gasteiger partial charge is 0.370 e. The topological polar surface area (TPSA) is 12.5 Å². The van der Waals surface area contributed by atoms with Crippen LogP contribution < -0.4 is 0 Å². The minimum atomic E-state index is 0.518. The van der Waals surface area contributed by atoms with E-state index >= 15 is 0 Å². The fourth-order valence-electron chi connectivity index (χ4n) is 2.62. The normalized spacial score (nSPS) is 23.3. The highest BCUT2D eigenvalue weighted by Crippen LogP contribution is 2.36. The Morgan fingerprint density at radius 2 is 1.84 bits per heavy atom. The Balaban J connectivity index is 1.91. The van der Waals surface area contributed by atoms with E-state index in [1.54, 1.807) is 0 Å². The van der Waals surface area contributed by atoms with Gasteiger partial charge in [-0.15, -0.1) is 11.8 Å². The second-order valence-corrected chi connectivity index (χ2v) is 6.55. The number of thioether (sulfide) groups is 1. The second kappa shape index (κ2) is 7.35. The molecule has 2 rings (SSSR count). The molecule has 1 fully saturated rings. The Bertz CT molecular complexity index is 373. The molecule has 106 valence electrons. The summed E-state index contributed by atoms with van der Waals surface area (Å²) in [7, 11) is 0. The Labute approximate surface area is 122 Å². The lowest BCUT2D eigenvalue weighted by molar-refractivity contribution is 0.349. The number of epoxide rings is 1. The highest BCUT2D eigenvalue weighted by molar-refractivity contribution is 7.99. The standard InChI is InChI=1S/C17H26OS/c1-4-11-19-15-9-7-14(8-10-15)13(5-2)12-17-16(6-3)18-17/h7-10,13,16-17H,4-6,11-12H2,1-3H3. The highest BCUT2D eigenvalue weighted by Gasteiger charge is 2.38. The summed E-state index contributed by atoms with van der Waals surface area (Å²) in [6.45, 7) is 6.73. The zero-order valence-corrected chi connectivity index (χ0v) is 13.2. The molecule has 3 unspecified atom stereocenters.